The summed E-state index contributed by atoms with van der Waals surface area (Å²) in [6.07, 6.45) is 6.47. The topological polar surface area (TPSA) is 69.9 Å². The van der Waals surface area contributed by atoms with Gasteiger partial charge in [0.05, 0.1) is 11.6 Å². The molecule has 0 radical (unpaired) electrons. The zero-order valence-corrected chi connectivity index (χ0v) is 36.6. The van der Waals surface area contributed by atoms with Crippen molar-refractivity contribution in [1.82, 2.24) is 0 Å². The van der Waals surface area contributed by atoms with Crippen LogP contribution in [0.3, 0.4) is 0 Å². The number of rotatable bonds is 19. The van der Waals surface area contributed by atoms with Crippen LogP contribution in [0.5, 0.6) is 0 Å². The van der Waals surface area contributed by atoms with Gasteiger partial charge in [-0.2, -0.15) is 5.26 Å². The van der Waals surface area contributed by atoms with E-state index in [1.165, 1.54) is 43.7 Å². The van der Waals surface area contributed by atoms with Gasteiger partial charge in [0.25, 0.3) is 0 Å². The van der Waals surface area contributed by atoms with E-state index in [1.54, 1.807) is 0 Å². The Balaban J connectivity index is 1.96. The van der Waals surface area contributed by atoms with Gasteiger partial charge in [-0.3, -0.25) is 0 Å². The van der Waals surface area contributed by atoms with E-state index in [-0.39, 0.29) is 0 Å². The fraction of sp³-hybridized carbons (Fsp3) is 0.606. The highest BCUT2D eigenvalue weighted by Crippen LogP contribution is 2.30. The van der Waals surface area contributed by atoms with E-state index in [1.807, 2.05) is 24.3 Å². The molecule has 0 heterocycles. The number of nitrogens with zero attached hydrogens (tertiary/aromatic N) is 1. The monoisotopic (exact) mass is 719 g/mol. The molecule has 0 aromatic heterocycles. The quantitative estimate of drug-likeness (QED) is 0.106. The summed E-state index contributed by atoms with van der Waals surface area (Å²) in [7, 11) is -13.9. The minimum absolute atomic E-state index is 0.674. The summed E-state index contributed by atoms with van der Waals surface area (Å²) in [5.74, 6) is 0. The first-order valence-electron chi connectivity index (χ1n) is 16.7. The summed E-state index contributed by atoms with van der Waals surface area (Å²) >= 11 is 0. The van der Waals surface area contributed by atoms with E-state index in [9.17, 15) is 0 Å². The molecule has 45 heavy (non-hydrogen) atoms. The molecule has 6 nitrogen and oxygen atoms in total. The molecule has 0 fully saturated rings. The zero-order valence-electron chi connectivity index (χ0n) is 30.6. The molecule has 0 saturated heterocycles. The third-order valence-corrected chi connectivity index (χ3v) is 30.3. The Hall–Kier alpha value is -0.969. The van der Waals surface area contributed by atoms with E-state index in [4.69, 9.17) is 25.8 Å². The maximum absolute atomic E-state index is 9.07. The average Bonchev–Trinajstić information content (AvgIpc) is 2.85. The Morgan fingerprint density at radius 2 is 0.911 bits per heavy atom. The lowest BCUT2D eigenvalue weighted by atomic mass is 10.0. The normalized spacial score (nSPS) is 13.6. The molecule has 0 aliphatic heterocycles. The molecule has 0 aliphatic rings. The van der Waals surface area contributed by atoms with Crippen molar-refractivity contribution in [3.8, 4) is 17.2 Å². The largest absolute Gasteiger partial charge is 0.436 e. The van der Waals surface area contributed by atoms with Crippen molar-refractivity contribution in [1.29, 1.82) is 5.26 Å². The van der Waals surface area contributed by atoms with Crippen LogP contribution in [0.4, 0.5) is 0 Å². The lowest BCUT2D eigenvalue weighted by molar-refractivity contribution is 0.281. The van der Waals surface area contributed by atoms with Crippen molar-refractivity contribution in [2.45, 2.75) is 130 Å². The number of unbranched alkanes of at least 4 members (excludes halogenated alkanes) is 4. The molecule has 0 amide bonds. The molecule has 0 spiro atoms. The van der Waals surface area contributed by atoms with Crippen molar-refractivity contribution in [3.05, 3.63) is 59.7 Å². The van der Waals surface area contributed by atoms with Crippen LogP contribution in [0.1, 0.15) is 50.2 Å². The molecule has 252 valence electrons. The molecule has 0 saturated carbocycles. The standard InChI is InChI=1S/C33H61NO5Si6/c1-14-15-16-17-18-27-40(2,3)35-42(6,7)37-44(10,11)39-45(12,13)38-43(8,9)36-41(4,5)29-31-21-25-33(26-22-31)32-23-19-30(28-34)20-24-32/h19-26H,14-18,27,29H2,1-13H3. The van der Waals surface area contributed by atoms with E-state index in [0.29, 0.717) is 5.56 Å². The van der Waals surface area contributed by atoms with Crippen molar-refractivity contribution >= 4 is 50.9 Å². The second-order valence-electron chi connectivity index (χ2n) is 15.4. The highest BCUT2D eigenvalue weighted by molar-refractivity contribution is 6.91. The SMILES string of the molecule is CCCCCCC[Si](C)(C)O[Si](C)(C)O[Si](C)(C)O[Si](C)(C)O[Si](C)(C)O[Si](C)(C)Cc1ccc(-c2ccc(C#N)cc2)cc1. The van der Waals surface area contributed by atoms with E-state index in [0.717, 1.165) is 17.2 Å². The van der Waals surface area contributed by atoms with Crippen molar-refractivity contribution < 1.29 is 20.6 Å². The van der Waals surface area contributed by atoms with Crippen LogP contribution in [-0.2, 0) is 26.6 Å². The van der Waals surface area contributed by atoms with Crippen molar-refractivity contribution in [2.75, 3.05) is 0 Å². The number of hydrogen-bond donors (Lipinski definition) is 0. The van der Waals surface area contributed by atoms with Crippen LogP contribution < -0.4 is 0 Å². The Morgan fingerprint density at radius 1 is 0.511 bits per heavy atom. The Morgan fingerprint density at radius 3 is 1.36 bits per heavy atom. The lowest BCUT2D eigenvalue weighted by Gasteiger charge is -2.43. The molecule has 0 bridgehead atoms. The minimum Gasteiger partial charge on any atom is -0.436 e. The summed E-state index contributed by atoms with van der Waals surface area (Å²) in [4.78, 5) is 0. The van der Waals surface area contributed by atoms with Crippen LogP contribution in [0.25, 0.3) is 11.1 Å². The molecule has 0 N–H and O–H groups in total. The smallest absolute Gasteiger partial charge is 0.314 e. The third kappa shape index (κ3) is 15.7. The van der Waals surface area contributed by atoms with Gasteiger partial charge in [-0.25, -0.2) is 0 Å². The van der Waals surface area contributed by atoms with Gasteiger partial charge < -0.3 is 20.6 Å². The first-order chi connectivity index (χ1) is 20.6. The molecule has 0 atom stereocenters. The van der Waals surface area contributed by atoms with Gasteiger partial charge in [0, 0.05) is 0 Å². The molecule has 2 aromatic rings. The second-order valence-corrected chi connectivity index (χ2v) is 38.5. The molecule has 0 aliphatic carbocycles. The highest BCUT2D eigenvalue weighted by atomic mass is 28.5. The summed E-state index contributed by atoms with van der Waals surface area (Å²) in [5.41, 5.74) is 4.20. The molecule has 2 rings (SSSR count). The zero-order chi connectivity index (χ0) is 34.2. The maximum Gasteiger partial charge on any atom is 0.314 e. The minimum atomic E-state index is -2.56. The van der Waals surface area contributed by atoms with E-state index < -0.39 is 50.9 Å². The van der Waals surface area contributed by atoms with Gasteiger partial charge >= 0.3 is 34.2 Å². The summed E-state index contributed by atoms with van der Waals surface area (Å²) in [6, 6.07) is 20.7. The lowest BCUT2D eigenvalue weighted by Crippen LogP contribution is -2.60. The fourth-order valence-corrected chi connectivity index (χ4v) is 36.5. The highest BCUT2D eigenvalue weighted by Gasteiger charge is 2.47. The summed E-state index contributed by atoms with van der Waals surface area (Å²) in [6.45, 7) is 28.7. The van der Waals surface area contributed by atoms with Crippen molar-refractivity contribution in [3.63, 3.8) is 0 Å². The first-order valence-corrected chi connectivity index (χ1v) is 34.2. The number of benzene rings is 2. The molecule has 2 aromatic carbocycles. The molecule has 0 unspecified atom stereocenters. The molecular weight excluding hydrogens is 659 g/mol. The Labute approximate surface area is 282 Å². The summed E-state index contributed by atoms with van der Waals surface area (Å²) in [5, 5.41) is 9.07. The van der Waals surface area contributed by atoms with Gasteiger partial charge in [-0.15, -0.1) is 0 Å². The van der Waals surface area contributed by atoms with Crippen LogP contribution in [0.2, 0.25) is 84.6 Å². The summed E-state index contributed by atoms with van der Waals surface area (Å²) < 4.78 is 34.1. The van der Waals surface area contributed by atoms with Gasteiger partial charge in [-0.1, -0.05) is 75.4 Å². The van der Waals surface area contributed by atoms with Crippen LogP contribution >= 0.6 is 0 Å². The Kier molecular flexibility index (Phi) is 14.7. The molecule has 12 heteroatoms. The van der Waals surface area contributed by atoms with Crippen molar-refractivity contribution in [2.24, 2.45) is 0 Å². The van der Waals surface area contributed by atoms with Crippen LogP contribution in [0, 0.1) is 11.3 Å². The maximum atomic E-state index is 9.07. The third-order valence-electron chi connectivity index (χ3n) is 7.33. The van der Waals surface area contributed by atoms with E-state index in [2.05, 4.69) is 116 Å². The van der Waals surface area contributed by atoms with Crippen LogP contribution in [-0.4, -0.2) is 50.9 Å². The second kappa shape index (κ2) is 16.4. The number of nitriles is 1. The average molecular weight is 720 g/mol. The van der Waals surface area contributed by atoms with Gasteiger partial charge in [0.2, 0.25) is 0 Å². The fourth-order valence-electron chi connectivity index (χ4n) is 6.48. The predicted molar refractivity (Wildman–Crippen MR) is 204 cm³/mol. The predicted octanol–water partition coefficient (Wildman–Crippen LogP) is 10.6. The molecular formula is C33H61NO5Si6. The number of hydrogen-bond acceptors (Lipinski definition) is 6. The van der Waals surface area contributed by atoms with Gasteiger partial charge in [0.15, 0.2) is 16.6 Å². The Bertz CT molecular complexity index is 1240. The van der Waals surface area contributed by atoms with Gasteiger partial charge in [-0.05, 0) is 119 Å². The van der Waals surface area contributed by atoms with Gasteiger partial charge in [0.1, 0.15) is 0 Å². The first kappa shape index (κ1) is 40.2. The van der Waals surface area contributed by atoms with E-state index >= 15 is 0 Å². The van der Waals surface area contributed by atoms with Crippen LogP contribution in [0.15, 0.2) is 48.5 Å².